The van der Waals surface area contributed by atoms with Crippen LogP contribution in [0.25, 0.3) is 34.0 Å². The summed E-state index contributed by atoms with van der Waals surface area (Å²) in [6, 6.07) is 16.7. The number of aryl methyl sites for hydroxylation is 11. The maximum Gasteiger partial charge on any atom is 0.488 e. The van der Waals surface area contributed by atoms with Gasteiger partial charge in [0.05, 0.1) is 65.9 Å². The summed E-state index contributed by atoms with van der Waals surface area (Å²) in [4.78, 5) is 137. The minimum absolute atomic E-state index is 0. The summed E-state index contributed by atoms with van der Waals surface area (Å²) in [6.45, 7) is 25.8. The van der Waals surface area contributed by atoms with Crippen LogP contribution in [0.5, 0.6) is 28.7 Å². The highest BCUT2D eigenvalue weighted by Gasteiger charge is 2.28. The summed E-state index contributed by atoms with van der Waals surface area (Å²) >= 11 is 20.0. The number of amides is 1. The predicted octanol–water partition coefficient (Wildman–Crippen LogP) is 16.3. The summed E-state index contributed by atoms with van der Waals surface area (Å²) < 4.78 is 21.9. The number of nitrogens with two attached hydrogens (primary N) is 3. The molecular formula is C90H120BBr5N16O21S3. The summed E-state index contributed by atoms with van der Waals surface area (Å²) in [6.07, 6.45) is 15.4. The molecule has 0 radical (unpaired) electrons. The second kappa shape index (κ2) is 66.0. The fraction of sp³-hybridized carbons (Fsp3) is 0.400. The van der Waals surface area contributed by atoms with Crippen LogP contribution in [0.2, 0.25) is 0 Å². The number of esters is 2. The lowest BCUT2D eigenvalue weighted by molar-refractivity contribution is -0.191. The van der Waals surface area contributed by atoms with E-state index >= 15 is 0 Å². The Morgan fingerprint density at radius 1 is 0.485 bits per heavy atom. The van der Waals surface area contributed by atoms with Crippen molar-refractivity contribution >= 4 is 147 Å². The van der Waals surface area contributed by atoms with Crippen molar-refractivity contribution in [2.75, 3.05) is 13.2 Å². The number of carbonyl (C=O) groups is 3. The van der Waals surface area contributed by atoms with Crippen molar-refractivity contribution in [1.82, 2.24) is 65.7 Å². The van der Waals surface area contributed by atoms with Gasteiger partial charge >= 0.3 is 25.2 Å². The van der Waals surface area contributed by atoms with Gasteiger partial charge in [-0.25, -0.2) is 30.4 Å². The number of unbranched alkanes of at least 4 members (excludes halogenated alkanes) is 5. The number of H-pyrrole nitrogens is 5. The minimum Gasteiger partial charge on any atom is -0.507 e. The fourth-order valence-electron chi connectivity index (χ4n) is 12.0. The Morgan fingerprint density at radius 3 is 1.26 bits per heavy atom. The number of halogens is 5. The summed E-state index contributed by atoms with van der Waals surface area (Å²) in [5.74, 6) is 9.77. The van der Waals surface area contributed by atoms with Gasteiger partial charge in [-0.05, 0) is 189 Å². The second-order valence-electron chi connectivity index (χ2n) is 28.4. The molecule has 0 fully saturated rings. The first-order valence-corrected chi connectivity index (χ1v) is 50.9. The normalized spacial score (nSPS) is 10.1. The highest BCUT2D eigenvalue weighted by Crippen LogP contribution is 2.40. The Balaban J connectivity index is 0.000000809. The first-order chi connectivity index (χ1) is 64.1. The van der Waals surface area contributed by atoms with Crippen LogP contribution in [0.15, 0.2) is 117 Å². The molecule has 12 aromatic rings. The van der Waals surface area contributed by atoms with Crippen molar-refractivity contribution in [3.8, 4) is 62.8 Å². The van der Waals surface area contributed by atoms with Crippen LogP contribution < -0.4 is 56.2 Å². The molecule has 46 heteroatoms. The van der Waals surface area contributed by atoms with E-state index in [9.17, 15) is 63.9 Å². The van der Waals surface area contributed by atoms with Gasteiger partial charge in [-0.1, -0.05) is 144 Å². The van der Waals surface area contributed by atoms with E-state index in [4.69, 9.17) is 43.8 Å². The van der Waals surface area contributed by atoms with Crippen LogP contribution >= 0.6 is 110 Å². The van der Waals surface area contributed by atoms with Crippen molar-refractivity contribution in [2.45, 2.75) is 227 Å². The number of ether oxygens (including phenoxy) is 2. The van der Waals surface area contributed by atoms with E-state index in [1.807, 2.05) is 108 Å². The molecule has 0 saturated carbocycles. The number of carbonyl (C=O) groups excluding carboxylic acids is 5. The number of hydrogen-bond acceptors (Lipinski definition) is 34. The van der Waals surface area contributed by atoms with E-state index in [0.717, 1.165) is 126 Å². The highest BCUT2D eigenvalue weighted by atomic mass is 80.9. The summed E-state index contributed by atoms with van der Waals surface area (Å²) in [7, 11) is -1.35. The lowest BCUT2D eigenvalue weighted by Crippen LogP contribution is -2.34. The van der Waals surface area contributed by atoms with Crippen molar-refractivity contribution in [1.29, 1.82) is 0 Å². The third-order valence-corrected chi connectivity index (χ3v) is 23.6. The molecule has 136 heavy (non-hydrogen) atoms. The number of hydrogen-bond donors (Lipinski definition) is 16. The Morgan fingerprint density at radius 2 is 0.868 bits per heavy atom. The number of aromatic hydroxyl groups is 5. The highest BCUT2D eigenvalue weighted by molar-refractivity contribution is 9.93. The molecule has 0 aliphatic heterocycles. The van der Waals surface area contributed by atoms with E-state index in [1.54, 1.807) is 48.7 Å². The fourth-order valence-corrected chi connectivity index (χ4v) is 15.3. The van der Waals surface area contributed by atoms with E-state index in [2.05, 4.69) is 174 Å². The van der Waals surface area contributed by atoms with Crippen LogP contribution in [-0.4, -0.2) is 140 Å². The molecule has 742 valence electrons. The van der Waals surface area contributed by atoms with Gasteiger partial charge in [0.15, 0.2) is 16.9 Å². The smallest absolute Gasteiger partial charge is 0.488 e. The van der Waals surface area contributed by atoms with Crippen LogP contribution in [-0.2, 0) is 76.9 Å². The number of nitrogen functional groups attached to an aromatic ring is 1. The monoisotopic (exact) mass is 2260 g/mol. The van der Waals surface area contributed by atoms with E-state index in [-0.39, 0.29) is 103 Å². The molecule has 12 rings (SSSR count). The van der Waals surface area contributed by atoms with Crippen LogP contribution in [0.1, 0.15) is 256 Å². The minimum atomic E-state index is -1.35. The number of benzene rings is 2. The summed E-state index contributed by atoms with van der Waals surface area (Å²) in [5.41, 5.74) is 8.16. The largest absolute Gasteiger partial charge is 0.507 e. The van der Waals surface area contributed by atoms with Crippen LogP contribution in [0, 0.1) is 27.7 Å². The van der Waals surface area contributed by atoms with E-state index in [0.29, 0.717) is 110 Å². The van der Waals surface area contributed by atoms with Gasteiger partial charge in [0.2, 0.25) is 11.8 Å². The number of aromatic nitrogens is 12. The Bertz CT molecular complexity index is 6050. The Kier molecular flexibility index (Phi) is 59.9. The number of hydrazine groups is 2. The molecule has 0 unspecified atom stereocenters. The molecule has 19 N–H and O–H groups in total. The molecule has 10 aromatic heterocycles. The molecule has 2 aromatic carbocycles. The maximum absolute atomic E-state index is 12.9. The lowest BCUT2D eigenvalue weighted by Gasteiger charge is -2.14. The van der Waals surface area contributed by atoms with Gasteiger partial charge in [0.1, 0.15) is 39.7 Å². The first-order valence-electron chi connectivity index (χ1n) is 42.1. The SMILES string of the molecule is BrBr.C.C.CCCCc1[nH]c(=O)c(-c2nnc(Cc3csc(C)n3)o2)c(O)c1-c1cccc(CC)c1.CCCCc1[nH]c(=O)c(-c2nnc(Cc3csc(C)n3)o2)c(O)c1Br.CCCCc1[nH]c(=O)c(C(=O)NN)c(O)c1Br.CCCCc1[nH]c(=O)c(C(=O)OCC)c(O)c1Br.CCCCc1cc(O)c(C(=O)OCC)c(=O)[nH]1.CCc1cccc(B(O)O)c1.Cc1csc(C)n1.NN.O=C=O. The molecule has 0 atom stereocenters. The summed E-state index contributed by atoms with van der Waals surface area (Å²) in [5, 5.41) is 93.5. The molecule has 10 heterocycles. The number of pyridine rings is 5. The van der Waals surface area contributed by atoms with Gasteiger partial charge < -0.3 is 78.8 Å². The predicted molar refractivity (Wildman–Crippen MR) is 546 cm³/mol. The van der Waals surface area contributed by atoms with Crippen molar-refractivity contribution in [3.63, 3.8) is 0 Å². The third kappa shape index (κ3) is 38.8. The van der Waals surface area contributed by atoms with Gasteiger partial charge in [-0.15, -0.1) is 54.4 Å². The molecule has 1 amide bonds. The Hall–Kier alpha value is -10.6. The van der Waals surface area contributed by atoms with Crippen molar-refractivity contribution < 1.29 is 77.9 Å². The Labute approximate surface area is 840 Å². The third-order valence-electron chi connectivity index (χ3n) is 18.6. The molecule has 0 spiro atoms. The maximum atomic E-state index is 12.9. The molecule has 0 bridgehead atoms. The second-order valence-corrected chi connectivity index (χ2v) is 34.0. The molecular weight excluding hydrogens is 2150 g/mol. The number of thiazole rings is 3. The van der Waals surface area contributed by atoms with Crippen molar-refractivity contribution in [2.24, 2.45) is 17.5 Å². The molecule has 0 saturated heterocycles. The zero-order valence-corrected chi connectivity index (χ0v) is 86.6. The number of nitrogens with one attached hydrogen (secondary N) is 6. The average Bonchev–Trinajstić information content (AvgIpc) is 1.51. The zero-order valence-electron chi connectivity index (χ0n) is 76.2. The standard InChI is InChI=1S/C24H26N4O3S.C16H17BrN4O3S.C12H16BrNO4.C12H17NO4.C10H14BrN3O3.C8H11BO2.C5H7NS.CO2.2CH4.Br2.H4N2/c1-4-6-10-18-20(16-9-7-8-15(5-2)11-16)22(29)21(23(30)26-18)24-28-27-19(31-24)12-17-13-32-14(3)25-17;1-3-4-5-10-13(17)14(22)12(15(23)19-10)16-21-20-11(24-16)6-9-7-25-8(2)18-9;1-3-5-6-7-9(13)10(15)8(11(16)14-7)12(17)18-4-2;1-3-5-6-8-7-9(14)10(11(15)13-8)12(16)17-4-2;1-2-3-4-5-7(11)8(15)6(9(16)13-5)10(17)14-12;1-2-7-4-3-5-8(6-7)9(10)11;1-4-3-7-5(2)6-4;2-1-3;;;2*1-2/h7-9,11,13H,4-6,10,12H2,1-3H3,(H2,26,29,30);7H,3-6H2,1-2H3,(H2,19,22,23);3-6H2,1-2H3,(H2,14,15,16);7H,3-6H2,1-2H3,(H2,13,14,15);2-4,12H2,1H3,(H,14,17)(H2,13,15,16);3-6,10-11H,2H2,1H3;3H,1-2H3;;2*1H4;;1-2H2. The van der Waals surface area contributed by atoms with E-state index < -0.39 is 52.8 Å². The van der Waals surface area contributed by atoms with Gasteiger partial charge in [0.25, 0.3) is 45.5 Å². The number of rotatable bonds is 30. The molecule has 0 aliphatic carbocycles. The number of nitrogens with zero attached hydrogens (tertiary/aromatic N) is 7. The zero-order chi connectivity index (χ0) is 100. The topological polar surface area (TPSA) is 616 Å². The van der Waals surface area contributed by atoms with Gasteiger partial charge in [-0.2, -0.15) is 9.59 Å². The molecule has 0 aliphatic rings. The lowest BCUT2D eigenvalue weighted by atomic mass is 9.79. The van der Waals surface area contributed by atoms with Gasteiger partial charge in [-0.3, -0.25) is 45.9 Å². The number of aromatic amines is 5. The van der Waals surface area contributed by atoms with Crippen LogP contribution in [0.3, 0.4) is 0 Å². The quantitative estimate of drug-likeness (QED) is 0.00653. The molecule has 37 nitrogen and oxygen atoms in total. The first kappa shape index (κ1) is 123. The average molecular weight is 2270 g/mol. The van der Waals surface area contributed by atoms with E-state index in [1.165, 1.54) is 17.4 Å². The van der Waals surface area contributed by atoms with Gasteiger partial charge in [0, 0.05) is 90.2 Å². The van der Waals surface area contributed by atoms with Crippen molar-refractivity contribution in [3.05, 3.63) is 236 Å². The van der Waals surface area contributed by atoms with Crippen LogP contribution in [0.4, 0.5) is 0 Å².